The summed E-state index contributed by atoms with van der Waals surface area (Å²) in [5.41, 5.74) is 4.89. The molecule has 0 fully saturated rings. The van der Waals surface area contributed by atoms with Crippen LogP contribution in [0.25, 0.3) is 5.69 Å². The van der Waals surface area contributed by atoms with Crippen molar-refractivity contribution in [1.29, 1.82) is 5.26 Å². The molecule has 0 unspecified atom stereocenters. The third kappa shape index (κ3) is 5.71. The Hall–Kier alpha value is -4.41. The Bertz CT molecular complexity index is 1530. The molecular formula is C31H28ClN5O2. The van der Waals surface area contributed by atoms with Crippen LogP contribution >= 0.6 is 11.6 Å². The Labute approximate surface area is 232 Å². The van der Waals surface area contributed by atoms with E-state index in [0.29, 0.717) is 41.6 Å². The predicted molar refractivity (Wildman–Crippen MR) is 151 cm³/mol. The second kappa shape index (κ2) is 11.5. The van der Waals surface area contributed by atoms with E-state index in [-0.39, 0.29) is 28.9 Å². The van der Waals surface area contributed by atoms with Crippen LogP contribution in [-0.4, -0.2) is 34.6 Å². The Morgan fingerprint density at radius 3 is 2.31 bits per heavy atom. The molecule has 2 N–H and O–H groups in total. The zero-order chi connectivity index (χ0) is 27.4. The minimum atomic E-state index is -0.327. The highest BCUT2D eigenvalue weighted by Crippen LogP contribution is 2.27. The first-order valence-electron chi connectivity index (χ1n) is 12.9. The molecule has 4 aromatic rings. The number of aryl methyl sites for hydroxylation is 1. The largest absolute Gasteiger partial charge is 0.369 e. The average Bonchev–Trinajstić information content (AvgIpc) is 3.55. The number of rotatable bonds is 9. The van der Waals surface area contributed by atoms with Crippen molar-refractivity contribution in [3.8, 4) is 11.8 Å². The van der Waals surface area contributed by atoms with Crippen LogP contribution in [0.15, 0.2) is 72.8 Å². The molecule has 1 aromatic heterocycles. The number of amides is 1. The van der Waals surface area contributed by atoms with E-state index in [4.69, 9.17) is 11.6 Å². The van der Waals surface area contributed by atoms with Crippen LogP contribution in [0.2, 0.25) is 5.02 Å². The minimum Gasteiger partial charge on any atom is -0.369 e. The van der Waals surface area contributed by atoms with Crippen LogP contribution in [0.3, 0.4) is 0 Å². The smallest absolute Gasteiger partial charge is 0.223 e. The number of nitriles is 1. The molecule has 0 saturated carbocycles. The quantitative estimate of drug-likeness (QED) is 0.224. The van der Waals surface area contributed by atoms with Gasteiger partial charge in [-0.1, -0.05) is 65.7 Å². The molecule has 7 nitrogen and oxygen atoms in total. The molecule has 1 aliphatic carbocycles. The van der Waals surface area contributed by atoms with Crippen LogP contribution in [0.1, 0.15) is 44.7 Å². The molecule has 0 saturated heterocycles. The summed E-state index contributed by atoms with van der Waals surface area (Å²) < 4.78 is 1.56. The van der Waals surface area contributed by atoms with Gasteiger partial charge in [0.25, 0.3) is 0 Å². The molecule has 39 heavy (non-hydrogen) atoms. The first-order chi connectivity index (χ1) is 18.9. The summed E-state index contributed by atoms with van der Waals surface area (Å²) in [6.07, 6.45) is 2.16. The SMILES string of the molecule is Cc1ccc(C(=O)c2nn(-c3ccc(Cl)cc3)c(NCCCNC(=O)C3Cc4ccccc4C3)c2C#N)cc1. The van der Waals surface area contributed by atoms with Crippen molar-refractivity contribution in [2.24, 2.45) is 5.92 Å². The van der Waals surface area contributed by atoms with Crippen LogP contribution < -0.4 is 10.6 Å². The lowest BCUT2D eigenvalue weighted by molar-refractivity contribution is -0.124. The molecule has 1 aliphatic rings. The number of hydrogen-bond donors (Lipinski definition) is 2. The third-order valence-electron chi connectivity index (χ3n) is 6.96. The maximum atomic E-state index is 13.3. The van der Waals surface area contributed by atoms with Gasteiger partial charge in [-0.05, 0) is 61.6 Å². The number of halogens is 1. The van der Waals surface area contributed by atoms with E-state index >= 15 is 0 Å². The van der Waals surface area contributed by atoms with E-state index in [1.54, 1.807) is 41.1 Å². The Morgan fingerprint density at radius 1 is 1.00 bits per heavy atom. The Morgan fingerprint density at radius 2 is 1.67 bits per heavy atom. The number of benzene rings is 3. The molecule has 0 spiro atoms. The van der Waals surface area contributed by atoms with Crippen LogP contribution in [0.4, 0.5) is 5.82 Å². The highest BCUT2D eigenvalue weighted by Gasteiger charge is 2.27. The van der Waals surface area contributed by atoms with E-state index in [2.05, 4.69) is 33.9 Å². The zero-order valence-corrected chi connectivity index (χ0v) is 22.3. The summed E-state index contributed by atoms with van der Waals surface area (Å²) in [6.45, 7) is 2.91. The fourth-order valence-corrected chi connectivity index (χ4v) is 4.98. The van der Waals surface area contributed by atoms with Crippen molar-refractivity contribution in [1.82, 2.24) is 15.1 Å². The molecule has 0 atom stereocenters. The first kappa shape index (κ1) is 26.2. The predicted octanol–water partition coefficient (Wildman–Crippen LogP) is 5.27. The second-order valence-electron chi connectivity index (χ2n) is 9.71. The molecule has 0 aliphatic heterocycles. The maximum Gasteiger partial charge on any atom is 0.223 e. The van der Waals surface area contributed by atoms with Crippen LogP contribution in [0, 0.1) is 24.2 Å². The molecule has 1 heterocycles. The number of fused-ring (bicyclic) bond motifs is 1. The lowest BCUT2D eigenvalue weighted by Crippen LogP contribution is -2.32. The normalized spacial score (nSPS) is 12.5. The van der Waals surface area contributed by atoms with Crippen molar-refractivity contribution in [2.75, 3.05) is 18.4 Å². The van der Waals surface area contributed by atoms with Crippen molar-refractivity contribution in [3.05, 3.63) is 111 Å². The van der Waals surface area contributed by atoms with Gasteiger partial charge in [-0.2, -0.15) is 10.4 Å². The van der Waals surface area contributed by atoms with E-state index in [1.807, 2.05) is 31.2 Å². The molecule has 8 heteroatoms. The summed E-state index contributed by atoms with van der Waals surface area (Å²) in [5, 5.41) is 21.5. The monoisotopic (exact) mass is 537 g/mol. The van der Waals surface area contributed by atoms with Crippen molar-refractivity contribution >= 4 is 29.1 Å². The highest BCUT2D eigenvalue weighted by molar-refractivity contribution is 6.30. The van der Waals surface area contributed by atoms with Gasteiger partial charge < -0.3 is 10.6 Å². The maximum absolute atomic E-state index is 13.3. The van der Waals surface area contributed by atoms with Crippen LogP contribution in [0.5, 0.6) is 0 Å². The molecule has 1 amide bonds. The Kier molecular flexibility index (Phi) is 7.76. The minimum absolute atomic E-state index is 0.0396. The van der Waals surface area contributed by atoms with Gasteiger partial charge in [0.1, 0.15) is 17.5 Å². The molecule has 0 bridgehead atoms. The summed E-state index contributed by atoms with van der Waals surface area (Å²) in [4.78, 5) is 26.0. The lowest BCUT2D eigenvalue weighted by atomic mass is 10.0. The van der Waals surface area contributed by atoms with E-state index in [1.165, 1.54) is 11.1 Å². The molecular weight excluding hydrogens is 510 g/mol. The van der Waals surface area contributed by atoms with Crippen molar-refractivity contribution in [2.45, 2.75) is 26.2 Å². The number of carbonyl (C=O) groups is 2. The Balaban J connectivity index is 1.29. The number of hydrogen-bond acceptors (Lipinski definition) is 5. The second-order valence-corrected chi connectivity index (χ2v) is 10.1. The number of anilines is 1. The van der Waals surface area contributed by atoms with Crippen molar-refractivity contribution < 1.29 is 9.59 Å². The fourth-order valence-electron chi connectivity index (χ4n) is 4.85. The van der Waals surface area contributed by atoms with Gasteiger partial charge in [-0.3, -0.25) is 9.59 Å². The summed E-state index contributed by atoms with van der Waals surface area (Å²) in [6, 6.07) is 24.6. The van der Waals surface area contributed by atoms with E-state index in [9.17, 15) is 14.9 Å². The number of nitrogens with one attached hydrogen (secondary N) is 2. The van der Waals surface area contributed by atoms with E-state index < -0.39 is 0 Å². The van der Waals surface area contributed by atoms with Gasteiger partial charge >= 0.3 is 0 Å². The number of nitrogens with zero attached hydrogens (tertiary/aromatic N) is 3. The standard InChI is InChI=1S/C31H28ClN5O2/c1-20-7-9-21(10-8-20)29(38)28-27(19-33)30(37(36-28)26-13-11-25(32)12-14-26)34-15-4-16-35-31(39)24-17-22-5-2-3-6-23(22)18-24/h2-3,5-14,24,34H,4,15-18H2,1H3,(H,35,39). The van der Waals surface area contributed by atoms with Crippen molar-refractivity contribution in [3.63, 3.8) is 0 Å². The third-order valence-corrected chi connectivity index (χ3v) is 7.22. The number of carbonyl (C=O) groups excluding carboxylic acids is 2. The molecule has 196 valence electrons. The van der Waals surface area contributed by atoms with Gasteiger partial charge in [0, 0.05) is 29.6 Å². The molecule has 0 radical (unpaired) electrons. The van der Waals surface area contributed by atoms with Gasteiger partial charge in [0.2, 0.25) is 11.7 Å². The molecule has 5 rings (SSSR count). The van der Waals surface area contributed by atoms with Crippen LogP contribution in [-0.2, 0) is 17.6 Å². The fraction of sp³-hybridized carbons (Fsp3) is 0.226. The highest BCUT2D eigenvalue weighted by atomic mass is 35.5. The number of aromatic nitrogens is 2. The topological polar surface area (TPSA) is 99.8 Å². The first-order valence-corrected chi connectivity index (χ1v) is 13.3. The summed E-state index contributed by atoms with van der Waals surface area (Å²) >= 11 is 6.08. The van der Waals surface area contributed by atoms with E-state index in [0.717, 1.165) is 18.4 Å². The average molecular weight is 538 g/mol. The zero-order valence-electron chi connectivity index (χ0n) is 21.6. The summed E-state index contributed by atoms with van der Waals surface area (Å²) in [5.74, 6) is 0.114. The van der Waals surface area contributed by atoms with Gasteiger partial charge in [-0.25, -0.2) is 4.68 Å². The summed E-state index contributed by atoms with van der Waals surface area (Å²) in [7, 11) is 0. The van der Waals surface area contributed by atoms with Gasteiger partial charge in [0.15, 0.2) is 5.69 Å². The van der Waals surface area contributed by atoms with Gasteiger partial charge in [-0.15, -0.1) is 0 Å². The lowest BCUT2D eigenvalue weighted by Gasteiger charge is -2.12. The molecule has 3 aromatic carbocycles. The number of ketones is 1. The van der Waals surface area contributed by atoms with Gasteiger partial charge in [0.05, 0.1) is 5.69 Å².